The van der Waals surface area contributed by atoms with E-state index in [9.17, 15) is 8.42 Å². The number of hydrogen-bond acceptors (Lipinski definition) is 4. The van der Waals surface area contributed by atoms with E-state index >= 15 is 0 Å². The lowest BCUT2D eigenvalue weighted by Crippen LogP contribution is -2.14. The molecule has 0 amide bonds. The maximum atomic E-state index is 12.2. The molecule has 0 aliphatic rings. The van der Waals surface area contributed by atoms with E-state index in [1.807, 2.05) is 19.1 Å². The minimum atomic E-state index is -3.54. The van der Waals surface area contributed by atoms with Gasteiger partial charge in [-0.15, -0.1) is 0 Å². The van der Waals surface area contributed by atoms with Crippen molar-refractivity contribution in [1.82, 2.24) is 4.37 Å². The maximum Gasteiger partial charge on any atom is 0.262 e. The lowest BCUT2D eigenvalue weighted by atomic mass is 9.87. The van der Waals surface area contributed by atoms with Crippen LogP contribution in [0, 0.1) is 6.92 Å². The Morgan fingerprint density at radius 3 is 2.20 bits per heavy atom. The predicted molar refractivity (Wildman–Crippen MR) is 82.8 cm³/mol. The van der Waals surface area contributed by atoms with Crippen molar-refractivity contribution in [2.45, 2.75) is 38.0 Å². The number of anilines is 1. The van der Waals surface area contributed by atoms with E-state index in [0.717, 1.165) is 22.8 Å². The lowest BCUT2D eigenvalue weighted by molar-refractivity contribution is 0.587. The highest BCUT2D eigenvalue weighted by Crippen LogP contribution is 2.25. The third-order valence-corrected chi connectivity index (χ3v) is 5.20. The highest BCUT2D eigenvalue weighted by molar-refractivity contribution is 7.93. The van der Waals surface area contributed by atoms with Crippen LogP contribution in [0.3, 0.4) is 0 Å². The molecule has 20 heavy (non-hydrogen) atoms. The van der Waals surface area contributed by atoms with Gasteiger partial charge in [0.2, 0.25) is 0 Å². The molecule has 0 saturated heterocycles. The highest BCUT2D eigenvalue weighted by atomic mass is 32.2. The van der Waals surface area contributed by atoms with Gasteiger partial charge in [-0.2, -0.15) is 4.37 Å². The van der Waals surface area contributed by atoms with E-state index in [-0.39, 0.29) is 10.3 Å². The highest BCUT2D eigenvalue weighted by Gasteiger charge is 2.18. The summed E-state index contributed by atoms with van der Waals surface area (Å²) in [5.74, 6) is 0. The topological polar surface area (TPSA) is 59.1 Å². The van der Waals surface area contributed by atoms with E-state index in [2.05, 4.69) is 29.9 Å². The fourth-order valence-corrected chi connectivity index (χ4v) is 3.67. The molecule has 2 aromatic rings. The summed E-state index contributed by atoms with van der Waals surface area (Å²) in [6.45, 7) is 8.10. The molecule has 0 atom stereocenters. The van der Waals surface area contributed by atoms with Gasteiger partial charge >= 0.3 is 0 Å². The van der Waals surface area contributed by atoms with Crippen LogP contribution in [0.4, 0.5) is 5.00 Å². The molecule has 6 heteroatoms. The van der Waals surface area contributed by atoms with Crippen LogP contribution in [0.2, 0.25) is 0 Å². The van der Waals surface area contributed by atoms with Crippen LogP contribution in [0.1, 0.15) is 32.0 Å². The molecule has 1 aromatic heterocycles. The molecule has 0 unspecified atom stereocenters. The van der Waals surface area contributed by atoms with Crippen LogP contribution >= 0.6 is 11.5 Å². The molecule has 0 aliphatic heterocycles. The van der Waals surface area contributed by atoms with Crippen molar-refractivity contribution in [2.75, 3.05) is 4.72 Å². The fraction of sp³-hybridized carbons (Fsp3) is 0.357. The summed E-state index contributed by atoms with van der Waals surface area (Å²) in [5.41, 5.74) is 1.91. The second kappa shape index (κ2) is 5.18. The zero-order valence-corrected chi connectivity index (χ0v) is 13.6. The monoisotopic (exact) mass is 310 g/mol. The predicted octanol–water partition coefficient (Wildman–Crippen LogP) is 3.55. The standard InChI is InChI=1S/C14H18N2O2S2/c1-10-9-13(19-15-10)16-20(17,18)12-7-5-11(6-8-12)14(2,3)4/h5-9,16H,1-4H3. The second-order valence-corrected chi connectivity index (χ2v) is 8.20. The summed E-state index contributed by atoms with van der Waals surface area (Å²) in [5, 5.41) is 0.530. The first-order valence-corrected chi connectivity index (χ1v) is 8.51. The van der Waals surface area contributed by atoms with Crippen molar-refractivity contribution in [1.29, 1.82) is 0 Å². The van der Waals surface area contributed by atoms with Crippen molar-refractivity contribution in [3.05, 3.63) is 41.6 Å². The zero-order valence-electron chi connectivity index (χ0n) is 12.0. The minimum Gasteiger partial charge on any atom is -0.269 e. The van der Waals surface area contributed by atoms with Crippen LogP contribution in [-0.2, 0) is 15.4 Å². The summed E-state index contributed by atoms with van der Waals surface area (Å²) < 4.78 is 31.1. The van der Waals surface area contributed by atoms with Gasteiger partial charge in [-0.05, 0) is 47.6 Å². The molecule has 2 rings (SSSR count). The third kappa shape index (κ3) is 3.37. The normalized spacial score (nSPS) is 12.4. The van der Waals surface area contributed by atoms with Crippen molar-refractivity contribution in [3.8, 4) is 0 Å². The molecular formula is C14H18N2O2S2. The summed E-state index contributed by atoms with van der Waals surface area (Å²) in [4.78, 5) is 0.261. The van der Waals surface area contributed by atoms with E-state index in [0.29, 0.717) is 5.00 Å². The maximum absolute atomic E-state index is 12.2. The molecule has 0 fully saturated rings. The summed E-state index contributed by atoms with van der Waals surface area (Å²) >= 11 is 1.14. The molecule has 0 saturated carbocycles. The van der Waals surface area contributed by atoms with Gasteiger partial charge in [0.25, 0.3) is 10.0 Å². The number of nitrogens with zero attached hydrogens (tertiary/aromatic N) is 1. The smallest absolute Gasteiger partial charge is 0.262 e. The van der Waals surface area contributed by atoms with Crippen LogP contribution < -0.4 is 4.72 Å². The molecule has 0 aliphatic carbocycles. The van der Waals surface area contributed by atoms with Crippen molar-refractivity contribution >= 4 is 26.6 Å². The first-order valence-electron chi connectivity index (χ1n) is 6.25. The van der Waals surface area contributed by atoms with Crippen LogP contribution in [0.25, 0.3) is 0 Å². The summed E-state index contributed by atoms with van der Waals surface area (Å²) in [7, 11) is -3.54. The summed E-state index contributed by atoms with van der Waals surface area (Å²) in [6.07, 6.45) is 0. The van der Waals surface area contributed by atoms with Gasteiger partial charge in [0.05, 0.1) is 10.6 Å². The Hall–Kier alpha value is -1.40. The molecule has 4 nitrogen and oxygen atoms in total. The van der Waals surface area contributed by atoms with Gasteiger partial charge in [-0.25, -0.2) is 8.42 Å². The number of sulfonamides is 1. The summed E-state index contributed by atoms with van der Waals surface area (Å²) in [6, 6.07) is 8.69. The van der Waals surface area contributed by atoms with E-state index in [1.165, 1.54) is 0 Å². The Morgan fingerprint density at radius 2 is 1.75 bits per heavy atom. The van der Waals surface area contributed by atoms with E-state index in [1.54, 1.807) is 18.2 Å². The molecule has 1 N–H and O–H groups in total. The Kier molecular flexibility index (Phi) is 3.88. The third-order valence-electron chi connectivity index (χ3n) is 2.89. The molecule has 108 valence electrons. The number of aryl methyl sites for hydroxylation is 1. The Morgan fingerprint density at radius 1 is 1.15 bits per heavy atom. The second-order valence-electron chi connectivity index (χ2n) is 5.71. The van der Waals surface area contributed by atoms with E-state index < -0.39 is 10.0 Å². The largest absolute Gasteiger partial charge is 0.269 e. The number of benzene rings is 1. The van der Waals surface area contributed by atoms with Crippen LogP contribution in [-0.4, -0.2) is 12.8 Å². The van der Waals surface area contributed by atoms with Crippen molar-refractivity contribution < 1.29 is 8.42 Å². The zero-order chi connectivity index (χ0) is 15.0. The molecule has 0 spiro atoms. The van der Waals surface area contributed by atoms with Gasteiger partial charge in [-0.3, -0.25) is 4.72 Å². The van der Waals surface area contributed by atoms with Gasteiger partial charge < -0.3 is 0 Å². The molecule has 0 radical (unpaired) electrons. The average molecular weight is 310 g/mol. The number of aromatic nitrogens is 1. The van der Waals surface area contributed by atoms with Gasteiger partial charge in [-0.1, -0.05) is 32.9 Å². The average Bonchev–Trinajstić information content (AvgIpc) is 2.73. The Labute approximate surface area is 124 Å². The molecular weight excluding hydrogens is 292 g/mol. The Bertz CT molecular complexity index is 696. The number of rotatable bonds is 3. The van der Waals surface area contributed by atoms with Crippen molar-refractivity contribution in [3.63, 3.8) is 0 Å². The van der Waals surface area contributed by atoms with Gasteiger partial charge in [0.1, 0.15) is 5.00 Å². The molecule has 1 aromatic carbocycles. The first kappa shape index (κ1) is 15.0. The quantitative estimate of drug-likeness (QED) is 0.943. The van der Waals surface area contributed by atoms with Gasteiger partial charge in [0, 0.05) is 0 Å². The minimum absolute atomic E-state index is 0.00447. The first-order chi connectivity index (χ1) is 9.18. The molecule has 1 heterocycles. The van der Waals surface area contributed by atoms with E-state index in [4.69, 9.17) is 0 Å². The number of nitrogens with one attached hydrogen (secondary N) is 1. The van der Waals surface area contributed by atoms with Gasteiger partial charge in [0.15, 0.2) is 0 Å². The fourth-order valence-electron chi connectivity index (χ4n) is 1.74. The van der Waals surface area contributed by atoms with Crippen molar-refractivity contribution in [2.24, 2.45) is 0 Å². The Balaban J connectivity index is 2.26. The number of hydrogen-bond donors (Lipinski definition) is 1. The van der Waals surface area contributed by atoms with Crippen LogP contribution in [0.15, 0.2) is 35.2 Å². The van der Waals surface area contributed by atoms with Crippen LogP contribution in [0.5, 0.6) is 0 Å². The lowest BCUT2D eigenvalue weighted by Gasteiger charge is -2.19. The SMILES string of the molecule is Cc1cc(NS(=O)(=O)c2ccc(C(C)(C)C)cc2)sn1. The molecule has 0 bridgehead atoms.